The molecule has 0 aliphatic heterocycles. The van der Waals surface area contributed by atoms with Crippen LogP contribution in [-0.4, -0.2) is 42.0 Å². The number of carbonyl (C=O) groups excluding carboxylic acids is 2. The monoisotopic (exact) mass is 443 g/mol. The van der Waals surface area contributed by atoms with Crippen molar-refractivity contribution in [3.63, 3.8) is 0 Å². The van der Waals surface area contributed by atoms with Gasteiger partial charge < -0.3 is 10.1 Å². The molecule has 1 aromatic carbocycles. The first kappa shape index (κ1) is 22.6. The molecule has 0 fully saturated rings. The molecule has 2 aromatic rings. The maximum absolute atomic E-state index is 12.7. The number of nitrogens with one attached hydrogen (secondary N) is 1. The van der Waals surface area contributed by atoms with Gasteiger partial charge in [0, 0.05) is 29.0 Å². The van der Waals surface area contributed by atoms with Crippen molar-refractivity contribution in [2.75, 3.05) is 20.2 Å². The fraction of sp³-hybridized carbons (Fsp3) is 0.421. The second-order valence-electron chi connectivity index (χ2n) is 6.00. The van der Waals surface area contributed by atoms with Crippen molar-refractivity contribution in [2.24, 2.45) is 0 Å². The number of thiazole rings is 1. The molecule has 1 atom stereocenters. The molecule has 0 saturated carbocycles. The van der Waals surface area contributed by atoms with Crippen LogP contribution in [0, 0.1) is 0 Å². The van der Waals surface area contributed by atoms with Crippen molar-refractivity contribution in [2.45, 2.75) is 32.9 Å². The quantitative estimate of drug-likeness (QED) is 0.595. The third-order valence-electron chi connectivity index (χ3n) is 4.04. The van der Waals surface area contributed by atoms with Crippen molar-refractivity contribution in [3.05, 3.63) is 49.9 Å². The zero-order valence-corrected chi connectivity index (χ0v) is 18.3. The molecule has 1 aromatic heterocycles. The van der Waals surface area contributed by atoms with E-state index in [1.54, 1.807) is 32.2 Å². The molecule has 0 radical (unpaired) electrons. The van der Waals surface area contributed by atoms with Crippen LogP contribution in [0.5, 0.6) is 0 Å². The van der Waals surface area contributed by atoms with Crippen molar-refractivity contribution in [1.29, 1.82) is 0 Å². The molecule has 0 bridgehead atoms. The highest BCUT2D eigenvalue weighted by Gasteiger charge is 2.29. The number of likely N-dealkylation sites (N-methyl/N-ethyl adjacent to an activating group) is 2. The van der Waals surface area contributed by atoms with Crippen molar-refractivity contribution >= 4 is 46.4 Å². The lowest BCUT2D eigenvalue weighted by atomic mass is 10.0. The normalized spacial score (nSPS) is 12.1. The van der Waals surface area contributed by atoms with Crippen LogP contribution in [0.15, 0.2) is 23.6 Å². The number of benzene rings is 1. The van der Waals surface area contributed by atoms with E-state index in [1.807, 2.05) is 17.2 Å². The SMILES string of the molecule is CCOC(=O)C(c1cc(Cl)cc(Cl)c1)N(CC)Cc1csc(CC(=O)NC)n1. The molecule has 28 heavy (non-hydrogen) atoms. The number of halogens is 2. The average molecular weight is 444 g/mol. The van der Waals surface area contributed by atoms with E-state index >= 15 is 0 Å². The Morgan fingerprint density at radius 2 is 1.93 bits per heavy atom. The van der Waals surface area contributed by atoms with Gasteiger partial charge in [0.25, 0.3) is 0 Å². The zero-order valence-electron chi connectivity index (χ0n) is 16.0. The fourth-order valence-electron chi connectivity index (χ4n) is 2.77. The third kappa shape index (κ3) is 6.17. The zero-order chi connectivity index (χ0) is 20.7. The second kappa shape index (κ2) is 10.8. The number of carbonyl (C=O) groups is 2. The molecule has 1 N–H and O–H groups in total. The van der Waals surface area contributed by atoms with Crippen LogP contribution < -0.4 is 5.32 Å². The first-order chi connectivity index (χ1) is 13.4. The van der Waals surface area contributed by atoms with Crippen molar-refractivity contribution in [1.82, 2.24) is 15.2 Å². The Kier molecular flexibility index (Phi) is 8.69. The number of amides is 1. The van der Waals surface area contributed by atoms with Gasteiger partial charge in [-0.15, -0.1) is 11.3 Å². The standard InChI is InChI=1S/C19H23Cl2N3O3S/c1-4-24(10-15-11-28-17(23-15)9-16(25)22-3)18(19(26)27-5-2)12-6-13(20)8-14(21)7-12/h6-8,11,18H,4-5,9-10H2,1-3H3,(H,22,25). The lowest BCUT2D eigenvalue weighted by Gasteiger charge is -2.29. The van der Waals surface area contributed by atoms with Gasteiger partial charge in [-0.25, -0.2) is 9.78 Å². The van der Waals surface area contributed by atoms with Crippen LogP contribution in [0.3, 0.4) is 0 Å². The van der Waals surface area contributed by atoms with Gasteiger partial charge in [-0.05, 0) is 37.2 Å². The van der Waals surface area contributed by atoms with E-state index in [0.717, 1.165) is 10.7 Å². The van der Waals surface area contributed by atoms with Crippen LogP contribution in [0.25, 0.3) is 0 Å². The maximum atomic E-state index is 12.7. The number of ether oxygens (including phenoxy) is 1. The molecule has 0 aliphatic carbocycles. The van der Waals surface area contributed by atoms with Gasteiger partial charge in [-0.1, -0.05) is 30.1 Å². The number of esters is 1. The summed E-state index contributed by atoms with van der Waals surface area (Å²) in [5.74, 6) is -0.463. The summed E-state index contributed by atoms with van der Waals surface area (Å²) in [4.78, 5) is 30.7. The summed E-state index contributed by atoms with van der Waals surface area (Å²) in [6.45, 7) is 5.00. The molecule has 152 valence electrons. The predicted molar refractivity (Wildman–Crippen MR) is 112 cm³/mol. The van der Waals surface area contributed by atoms with E-state index in [4.69, 9.17) is 27.9 Å². The van der Waals surface area contributed by atoms with Gasteiger partial charge in [0.2, 0.25) is 5.91 Å². The average Bonchev–Trinajstić information content (AvgIpc) is 3.07. The Morgan fingerprint density at radius 1 is 1.25 bits per heavy atom. The number of hydrogen-bond acceptors (Lipinski definition) is 6. The van der Waals surface area contributed by atoms with Crippen LogP contribution >= 0.6 is 34.5 Å². The largest absolute Gasteiger partial charge is 0.465 e. The minimum atomic E-state index is -0.662. The van der Waals surface area contributed by atoms with Gasteiger partial charge in [-0.3, -0.25) is 9.69 Å². The molecule has 2 rings (SSSR count). The van der Waals surface area contributed by atoms with Crippen LogP contribution in [0.1, 0.15) is 36.2 Å². The summed E-state index contributed by atoms with van der Waals surface area (Å²) < 4.78 is 5.29. The summed E-state index contributed by atoms with van der Waals surface area (Å²) in [5.41, 5.74) is 1.45. The van der Waals surface area contributed by atoms with Crippen molar-refractivity contribution < 1.29 is 14.3 Å². The lowest BCUT2D eigenvalue weighted by molar-refractivity contribution is -0.150. The molecule has 1 heterocycles. The summed E-state index contributed by atoms with van der Waals surface area (Å²) >= 11 is 13.7. The molecule has 1 unspecified atom stereocenters. The lowest BCUT2D eigenvalue weighted by Crippen LogP contribution is -2.35. The van der Waals surface area contributed by atoms with E-state index in [0.29, 0.717) is 28.7 Å². The summed E-state index contributed by atoms with van der Waals surface area (Å²) in [5, 5.41) is 6.11. The van der Waals surface area contributed by atoms with Crippen LogP contribution in [-0.2, 0) is 27.3 Å². The molecule has 0 spiro atoms. The molecule has 6 nitrogen and oxygen atoms in total. The molecular weight excluding hydrogens is 421 g/mol. The van der Waals surface area contributed by atoms with Crippen LogP contribution in [0.2, 0.25) is 10.0 Å². The second-order valence-corrected chi connectivity index (χ2v) is 7.82. The van der Waals surface area contributed by atoms with Gasteiger partial charge in [0.15, 0.2) is 0 Å². The maximum Gasteiger partial charge on any atom is 0.328 e. The highest BCUT2D eigenvalue weighted by Crippen LogP contribution is 2.29. The Balaban J connectivity index is 2.29. The van der Waals surface area contributed by atoms with Gasteiger partial charge in [0.1, 0.15) is 11.0 Å². The molecule has 9 heteroatoms. The van der Waals surface area contributed by atoms with E-state index in [2.05, 4.69) is 10.3 Å². The summed E-state index contributed by atoms with van der Waals surface area (Å²) in [7, 11) is 1.59. The first-order valence-corrected chi connectivity index (χ1v) is 10.5. The highest BCUT2D eigenvalue weighted by atomic mass is 35.5. The van der Waals surface area contributed by atoms with Crippen molar-refractivity contribution in [3.8, 4) is 0 Å². The molecule has 0 aliphatic rings. The van der Waals surface area contributed by atoms with Gasteiger partial charge in [0.05, 0.1) is 18.7 Å². The number of hydrogen-bond donors (Lipinski definition) is 1. The summed E-state index contributed by atoms with van der Waals surface area (Å²) in [6.07, 6.45) is 0.235. The van der Waals surface area contributed by atoms with E-state index < -0.39 is 6.04 Å². The minimum Gasteiger partial charge on any atom is -0.465 e. The Labute approximate surface area is 178 Å². The molecular formula is C19H23Cl2N3O3S. The Morgan fingerprint density at radius 3 is 2.50 bits per heavy atom. The fourth-order valence-corrected chi connectivity index (χ4v) is 4.10. The number of aromatic nitrogens is 1. The topological polar surface area (TPSA) is 71.5 Å². The summed E-state index contributed by atoms with van der Waals surface area (Å²) in [6, 6.07) is 4.40. The molecule has 0 saturated heterocycles. The number of rotatable bonds is 9. The Bertz CT molecular complexity index is 808. The minimum absolute atomic E-state index is 0.0915. The number of nitrogens with zero attached hydrogens (tertiary/aromatic N) is 2. The van der Waals surface area contributed by atoms with Gasteiger partial charge >= 0.3 is 5.97 Å². The first-order valence-electron chi connectivity index (χ1n) is 8.88. The van der Waals surface area contributed by atoms with Crippen LogP contribution in [0.4, 0.5) is 0 Å². The highest BCUT2D eigenvalue weighted by molar-refractivity contribution is 7.09. The smallest absolute Gasteiger partial charge is 0.328 e. The Hall–Kier alpha value is -1.67. The third-order valence-corrected chi connectivity index (χ3v) is 5.37. The van der Waals surface area contributed by atoms with E-state index in [1.165, 1.54) is 11.3 Å². The molecule has 1 amide bonds. The van der Waals surface area contributed by atoms with E-state index in [9.17, 15) is 9.59 Å². The predicted octanol–water partition coefficient (Wildman–Crippen LogP) is 3.86. The van der Waals surface area contributed by atoms with Gasteiger partial charge in [-0.2, -0.15) is 0 Å². The van der Waals surface area contributed by atoms with E-state index in [-0.39, 0.29) is 24.9 Å².